The molecule has 7 heteroatoms. The number of amides is 1. The Kier molecular flexibility index (Phi) is 5.84. The Hall–Kier alpha value is -3.64. The molecule has 3 aromatic rings. The van der Waals surface area contributed by atoms with Gasteiger partial charge < -0.3 is 16.0 Å². The monoisotopic (exact) mass is 457 g/mol. The number of rotatable bonds is 2. The molecule has 33 heavy (non-hydrogen) atoms. The number of nitrogens with zero attached hydrogens (tertiary/aromatic N) is 2. The first-order chi connectivity index (χ1) is 16.0. The maximum Gasteiger partial charge on any atom is 0.255 e. The summed E-state index contributed by atoms with van der Waals surface area (Å²) in [5.41, 5.74) is 5.48. The Labute approximate surface area is 197 Å². The lowest BCUT2D eigenvalue weighted by atomic mass is 9.91. The van der Waals surface area contributed by atoms with Gasteiger partial charge in [0.05, 0.1) is 6.20 Å². The second-order valence-electron chi connectivity index (χ2n) is 8.42. The first-order valence-electron chi connectivity index (χ1n) is 11.0. The van der Waals surface area contributed by atoms with Crippen LogP contribution in [0.25, 0.3) is 0 Å². The van der Waals surface area contributed by atoms with Gasteiger partial charge in [-0.1, -0.05) is 41.4 Å². The van der Waals surface area contributed by atoms with Crippen LogP contribution in [0.2, 0.25) is 5.02 Å². The summed E-state index contributed by atoms with van der Waals surface area (Å²) in [5, 5.41) is 10.2. The molecule has 1 aromatic heterocycles. The third kappa shape index (κ3) is 4.91. The number of aromatic nitrogens is 2. The fourth-order valence-electron chi connectivity index (χ4n) is 4.16. The van der Waals surface area contributed by atoms with Crippen LogP contribution < -0.4 is 16.0 Å². The van der Waals surface area contributed by atoms with Gasteiger partial charge in [-0.15, -0.1) is 0 Å². The molecule has 0 fully saturated rings. The van der Waals surface area contributed by atoms with Crippen molar-refractivity contribution in [2.75, 3.05) is 16.0 Å². The molecule has 0 saturated heterocycles. The largest absolute Gasteiger partial charge is 0.339 e. The van der Waals surface area contributed by atoms with Gasteiger partial charge in [-0.05, 0) is 74.1 Å². The molecule has 2 aromatic carbocycles. The van der Waals surface area contributed by atoms with Gasteiger partial charge in [-0.2, -0.15) is 4.98 Å². The van der Waals surface area contributed by atoms with E-state index in [4.69, 9.17) is 11.6 Å². The van der Waals surface area contributed by atoms with E-state index in [1.165, 1.54) is 0 Å². The maximum atomic E-state index is 12.9. The third-order valence-corrected chi connectivity index (χ3v) is 6.14. The molecule has 0 radical (unpaired) electrons. The number of benzene rings is 2. The fraction of sp³-hybridized carbons (Fsp3) is 0.192. The highest BCUT2D eigenvalue weighted by Gasteiger charge is 2.17. The lowest BCUT2D eigenvalue weighted by molar-refractivity contribution is 0.102. The van der Waals surface area contributed by atoms with Gasteiger partial charge in [-0.25, -0.2) is 4.98 Å². The molecule has 1 unspecified atom stereocenters. The minimum Gasteiger partial charge on any atom is -0.339 e. The average Bonchev–Trinajstić information content (AvgIpc) is 2.81. The van der Waals surface area contributed by atoms with Gasteiger partial charge >= 0.3 is 0 Å². The molecular weight excluding hydrogens is 434 g/mol. The highest BCUT2D eigenvalue weighted by molar-refractivity contribution is 6.32. The lowest BCUT2D eigenvalue weighted by Gasteiger charge is -2.20. The Bertz CT molecular complexity index is 1280. The number of allylic oxidation sites excluding steroid dienone is 4. The van der Waals surface area contributed by atoms with Gasteiger partial charge in [0, 0.05) is 22.6 Å². The second kappa shape index (κ2) is 9.08. The number of fused-ring (bicyclic) bond motifs is 6. The molecule has 1 aliphatic heterocycles. The summed E-state index contributed by atoms with van der Waals surface area (Å²) in [6.07, 6.45) is 10.6. The van der Waals surface area contributed by atoms with E-state index >= 15 is 0 Å². The van der Waals surface area contributed by atoms with Crippen molar-refractivity contribution in [3.05, 3.63) is 94.3 Å². The molecular formula is C26H24ClN5O. The summed E-state index contributed by atoms with van der Waals surface area (Å²) in [5.74, 6) is 1.29. The standard InChI is InChI=1S/C26H24ClN5O/c1-16-4-2-6-19(12-16)25(33)31-23-11-10-21-14-18(23)9-8-17-5-3-7-20(13-17)30-26-28-15-22(27)24(29-21)32-26/h2-7,10-12,14-15,17H,8-9,13H2,1H3,(H,31,33)(H2,28,29,30,32). The molecule has 1 atom stereocenters. The van der Waals surface area contributed by atoms with Crippen molar-refractivity contribution in [3.8, 4) is 0 Å². The van der Waals surface area contributed by atoms with Crippen molar-refractivity contribution in [1.82, 2.24) is 9.97 Å². The van der Waals surface area contributed by atoms with Crippen LogP contribution in [0.4, 0.5) is 23.1 Å². The molecule has 5 rings (SSSR count). The average molecular weight is 458 g/mol. The summed E-state index contributed by atoms with van der Waals surface area (Å²) >= 11 is 6.35. The number of aryl methyl sites for hydroxylation is 2. The Balaban J connectivity index is 1.49. The molecule has 2 aliphatic rings. The molecule has 0 spiro atoms. The third-order valence-electron chi connectivity index (χ3n) is 5.86. The zero-order valence-electron chi connectivity index (χ0n) is 18.2. The quantitative estimate of drug-likeness (QED) is 0.423. The lowest BCUT2D eigenvalue weighted by Crippen LogP contribution is -2.14. The molecule has 1 aliphatic carbocycles. The molecule has 6 bridgehead atoms. The van der Waals surface area contributed by atoms with Crippen molar-refractivity contribution in [2.45, 2.75) is 26.2 Å². The Morgan fingerprint density at radius 1 is 1.18 bits per heavy atom. The number of hydrogen-bond acceptors (Lipinski definition) is 5. The second-order valence-corrected chi connectivity index (χ2v) is 8.82. The summed E-state index contributed by atoms with van der Waals surface area (Å²) in [6, 6.07) is 13.5. The number of carbonyl (C=O) groups is 1. The summed E-state index contributed by atoms with van der Waals surface area (Å²) in [4.78, 5) is 21.8. The normalized spacial score (nSPS) is 16.8. The molecule has 166 valence electrons. The minimum atomic E-state index is -0.117. The van der Waals surface area contributed by atoms with E-state index in [0.717, 1.165) is 47.5 Å². The van der Waals surface area contributed by atoms with Crippen LogP contribution in [-0.4, -0.2) is 15.9 Å². The van der Waals surface area contributed by atoms with Crippen LogP contribution in [0.1, 0.15) is 34.3 Å². The van der Waals surface area contributed by atoms with Crippen LogP contribution in [-0.2, 0) is 6.42 Å². The van der Waals surface area contributed by atoms with Gasteiger partial charge in [0.1, 0.15) is 5.02 Å². The summed E-state index contributed by atoms with van der Waals surface area (Å²) in [7, 11) is 0. The first kappa shape index (κ1) is 21.2. The van der Waals surface area contributed by atoms with E-state index < -0.39 is 0 Å². The predicted molar refractivity (Wildman–Crippen MR) is 133 cm³/mol. The smallest absolute Gasteiger partial charge is 0.255 e. The SMILES string of the molecule is Cc1cccc(C(=O)Nc2ccc3cc2CCC2C=CC=C(C2)Nc2ncc(Cl)c(n2)N3)c1. The molecule has 0 saturated carbocycles. The molecule has 2 heterocycles. The van der Waals surface area contributed by atoms with E-state index in [2.05, 4.69) is 50.2 Å². The predicted octanol–water partition coefficient (Wildman–Crippen LogP) is 6.25. The number of nitrogens with one attached hydrogen (secondary N) is 3. The Morgan fingerprint density at radius 2 is 2.09 bits per heavy atom. The van der Waals surface area contributed by atoms with E-state index in [0.29, 0.717) is 28.3 Å². The number of halogens is 1. The number of anilines is 4. The van der Waals surface area contributed by atoms with Gasteiger partial charge in [-0.3, -0.25) is 4.79 Å². The number of hydrogen-bond donors (Lipinski definition) is 3. The fourth-order valence-corrected chi connectivity index (χ4v) is 4.29. The van der Waals surface area contributed by atoms with Crippen LogP contribution in [0.3, 0.4) is 0 Å². The minimum absolute atomic E-state index is 0.117. The van der Waals surface area contributed by atoms with Crippen molar-refractivity contribution in [3.63, 3.8) is 0 Å². The van der Waals surface area contributed by atoms with E-state index in [-0.39, 0.29) is 5.91 Å². The maximum absolute atomic E-state index is 12.9. The number of carbonyl (C=O) groups excluding carboxylic acids is 1. The highest BCUT2D eigenvalue weighted by atomic mass is 35.5. The first-order valence-corrected chi connectivity index (χ1v) is 11.4. The van der Waals surface area contributed by atoms with Crippen molar-refractivity contribution in [1.29, 1.82) is 0 Å². The molecule has 6 nitrogen and oxygen atoms in total. The molecule has 3 N–H and O–H groups in total. The summed E-state index contributed by atoms with van der Waals surface area (Å²) < 4.78 is 0. The highest BCUT2D eigenvalue weighted by Crippen LogP contribution is 2.31. The molecule has 1 amide bonds. The van der Waals surface area contributed by atoms with E-state index in [9.17, 15) is 4.79 Å². The van der Waals surface area contributed by atoms with Gasteiger partial charge in [0.25, 0.3) is 5.91 Å². The van der Waals surface area contributed by atoms with Crippen molar-refractivity contribution in [2.24, 2.45) is 5.92 Å². The van der Waals surface area contributed by atoms with Gasteiger partial charge in [0.15, 0.2) is 5.82 Å². The van der Waals surface area contributed by atoms with Crippen molar-refractivity contribution >= 4 is 40.6 Å². The van der Waals surface area contributed by atoms with Crippen molar-refractivity contribution < 1.29 is 4.79 Å². The van der Waals surface area contributed by atoms with Crippen LogP contribution in [0.5, 0.6) is 0 Å². The van der Waals surface area contributed by atoms with Gasteiger partial charge in [0.2, 0.25) is 5.95 Å². The Morgan fingerprint density at radius 3 is 2.97 bits per heavy atom. The van der Waals surface area contributed by atoms with E-state index in [1.807, 2.05) is 43.3 Å². The zero-order valence-corrected chi connectivity index (χ0v) is 19.0. The van der Waals surface area contributed by atoms with Crippen LogP contribution in [0, 0.1) is 12.8 Å². The summed E-state index contributed by atoms with van der Waals surface area (Å²) in [6.45, 7) is 1.98. The zero-order chi connectivity index (χ0) is 22.8. The van der Waals surface area contributed by atoms with Crippen LogP contribution >= 0.6 is 11.6 Å². The topological polar surface area (TPSA) is 78.9 Å². The van der Waals surface area contributed by atoms with E-state index in [1.54, 1.807) is 6.20 Å². The van der Waals surface area contributed by atoms with Crippen LogP contribution in [0.15, 0.2) is 72.6 Å².